The highest BCUT2D eigenvalue weighted by Crippen LogP contribution is 2.50. The molecule has 0 saturated carbocycles. The first-order chi connectivity index (χ1) is 15.2. The van der Waals surface area contributed by atoms with Crippen molar-refractivity contribution in [1.82, 2.24) is 5.01 Å². The van der Waals surface area contributed by atoms with Gasteiger partial charge in [0.05, 0.1) is 25.5 Å². The maximum Gasteiger partial charge on any atom is 0.214 e. The molecule has 0 bridgehead atoms. The molecule has 5 rings (SSSR count). The summed E-state index contributed by atoms with van der Waals surface area (Å²) in [6.45, 7) is 2.57. The van der Waals surface area contributed by atoms with Crippen LogP contribution in [0, 0.1) is 5.82 Å². The number of rotatable bonds is 5. The van der Waals surface area contributed by atoms with E-state index in [1.807, 2.05) is 54.4 Å². The number of para-hydroxylation sites is 1. The molecular weight excluding hydrogens is 395 g/mol. The molecule has 2 heterocycles. The molecule has 0 radical (unpaired) electrons. The molecule has 3 aromatic carbocycles. The third-order valence-corrected chi connectivity index (χ3v) is 5.65. The lowest BCUT2D eigenvalue weighted by molar-refractivity contribution is -0.0209. The van der Waals surface area contributed by atoms with Gasteiger partial charge in [0.25, 0.3) is 0 Å². The normalized spacial score (nSPS) is 19.2. The Labute approximate surface area is 180 Å². The van der Waals surface area contributed by atoms with Crippen LogP contribution in [0.5, 0.6) is 17.2 Å². The summed E-state index contributed by atoms with van der Waals surface area (Å²) in [6.07, 6.45) is 0.283. The number of benzene rings is 3. The van der Waals surface area contributed by atoms with Crippen LogP contribution in [-0.2, 0) is 0 Å². The molecule has 0 N–H and O–H groups in total. The van der Waals surface area contributed by atoms with Gasteiger partial charge in [0.15, 0.2) is 11.5 Å². The first-order valence-corrected chi connectivity index (χ1v) is 10.4. The highest BCUT2D eigenvalue weighted by atomic mass is 19.1. The number of hydrazone groups is 1. The van der Waals surface area contributed by atoms with Gasteiger partial charge in [0.2, 0.25) is 6.23 Å². The predicted molar refractivity (Wildman–Crippen MR) is 116 cm³/mol. The lowest BCUT2D eigenvalue weighted by Gasteiger charge is -2.38. The first-order valence-electron chi connectivity index (χ1n) is 10.4. The minimum atomic E-state index is -0.414. The van der Waals surface area contributed by atoms with Crippen LogP contribution in [0.3, 0.4) is 0 Å². The summed E-state index contributed by atoms with van der Waals surface area (Å²) in [4.78, 5) is 0. The minimum absolute atomic E-state index is 0.00419. The molecule has 31 heavy (non-hydrogen) atoms. The Kier molecular flexibility index (Phi) is 4.98. The second-order valence-corrected chi connectivity index (χ2v) is 7.50. The number of fused-ring (bicyclic) bond motifs is 3. The van der Waals surface area contributed by atoms with E-state index in [0.29, 0.717) is 18.8 Å². The summed E-state index contributed by atoms with van der Waals surface area (Å²) >= 11 is 0. The molecule has 0 fully saturated rings. The summed E-state index contributed by atoms with van der Waals surface area (Å²) in [6, 6.07) is 20.3. The highest BCUT2D eigenvalue weighted by molar-refractivity contribution is 6.02. The Hall–Kier alpha value is -3.54. The molecule has 6 heteroatoms. The smallest absolute Gasteiger partial charge is 0.214 e. The molecule has 0 spiro atoms. The van der Waals surface area contributed by atoms with E-state index >= 15 is 0 Å². The summed E-state index contributed by atoms with van der Waals surface area (Å²) in [5.41, 5.74) is 3.81. The lowest BCUT2D eigenvalue weighted by atomic mass is 9.95. The van der Waals surface area contributed by atoms with E-state index in [9.17, 15) is 4.39 Å². The van der Waals surface area contributed by atoms with Crippen molar-refractivity contribution in [2.75, 3.05) is 13.7 Å². The van der Waals surface area contributed by atoms with E-state index < -0.39 is 6.23 Å². The van der Waals surface area contributed by atoms with E-state index in [2.05, 4.69) is 0 Å². The van der Waals surface area contributed by atoms with Gasteiger partial charge in [-0.3, -0.25) is 0 Å². The van der Waals surface area contributed by atoms with Crippen LogP contribution in [0.4, 0.5) is 4.39 Å². The van der Waals surface area contributed by atoms with Crippen molar-refractivity contribution < 1.29 is 18.6 Å². The lowest BCUT2D eigenvalue weighted by Crippen LogP contribution is -2.33. The number of hydrogen-bond donors (Lipinski definition) is 0. The second-order valence-electron chi connectivity index (χ2n) is 7.50. The van der Waals surface area contributed by atoms with Crippen molar-refractivity contribution in [1.29, 1.82) is 0 Å². The first kappa shape index (κ1) is 19.4. The molecule has 0 saturated heterocycles. The molecule has 2 aliphatic rings. The second kappa shape index (κ2) is 7.95. The third kappa shape index (κ3) is 3.48. The zero-order chi connectivity index (χ0) is 21.4. The van der Waals surface area contributed by atoms with Crippen molar-refractivity contribution in [3.8, 4) is 17.2 Å². The summed E-state index contributed by atoms with van der Waals surface area (Å²) < 4.78 is 31.0. The molecular formula is C25H23FN2O3. The number of halogens is 1. The molecule has 0 unspecified atom stereocenters. The van der Waals surface area contributed by atoms with Crippen LogP contribution in [-0.4, -0.2) is 24.4 Å². The highest BCUT2D eigenvalue weighted by Gasteiger charge is 2.42. The van der Waals surface area contributed by atoms with Crippen molar-refractivity contribution in [2.24, 2.45) is 5.10 Å². The maximum atomic E-state index is 13.4. The quantitative estimate of drug-likeness (QED) is 0.551. The molecule has 0 amide bonds. The average molecular weight is 418 g/mol. The van der Waals surface area contributed by atoms with Crippen LogP contribution in [0.2, 0.25) is 0 Å². The fourth-order valence-electron chi connectivity index (χ4n) is 4.18. The molecule has 2 aliphatic heterocycles. The average Bonchev–Trinajstić information content (AvgIpc) is 3.25. The monoisotopic (exact) mass is 418 g/mol. The van der Waals surface area contributed by atoms with Gasteiger partial charge in [-0.25, -0.2) is 9.40 Å². The van der Waals surface area contributed by atoms with Crippen molar-refractivity contribution in [2.45, 2.75) is 25.6 Å². The van der Waals surface area contributed by atoms with Crippen molar-refractivity contribution in [3.05, 3.63) is 89.2 Å². The fourth-order valence-corrected chi connectivity index (χ4v) is 4.18. The van der Waals surface area contributed by atoms with E-state index in [0.717, 1.165) is 33.9 Å². The van der Waals surface area contributed by atoms with Gasteiger partial charge in [-0.1, -0.05) is 24.3 Å². The summed E-state index contributed by atoms with van der Waals surface area (Å²) in [5, 5.41) is 6.91. The van der Waals surface area contributed by atoms with Gasteiger partial charge in [0.1, 0.15) is 11.6 Å². The Morgan fingerprint density at radius 2 is 1.84 bits per heavy atom. The molecule has 0 aliphatic carbocycles. The van der Waals surface area contributed by atoms with Gasteiger partial charge in [-0.2, -0.15) is 5.10 Å². The summed E-state index contributed by atoms with van der Waals surface area (Å²) in [5.74, 6) is 1.99. The Bertz CT molecular complexity index is 1110. The van der Waals surface area contributed by atoms with Gasteiger partial charge in [-0.05, 0) is 55.0 Å². The molecule has 0 aromatic heterocycles. The van der Waals surface area contributed by atoms with Gasteiger partial charge >= 0.3 is 0 Å². The van der Waals surface area contributed by atoms with Crippen LogP contribution in [0.1, 0.15) is 42.3 Å². The van der Waals surface area contributed by atoms with Crippen LogP contribution in [0.25, 0.3) is 0 Å². The van der Waals surface area contributed by atoms with E-state index in [4.69, 9.17) is 19.3 Å². The Morgan fingerprint density at radius 1 is 1.06 bits per heavy atom. The van der Waals surface area contributed by atoms with E-state index in [1.165, 1.54) is 12.1 Å². The topological polar surface area (TPSA) is 43.3 Å². The van der Waals surface area contributed by atoms with Crippen LogP contribution < -0.4 is 14.2 Å². The van der Waals surface area contributed by atoms with Crippen molar-refractivity contribution >= 4 is 5.71 Å². The zero-order valence-electron chi connectivity index (χ0n) is 17.4. The number of ether oxygens (including phenoxy) is 3. The van der Waals surface area contributed by atoms with E-state index in [1.54, 1.807) is 19.2 Å². The largest absolute Gasteiger partial charge is 0.494 e. The van der Waals surface area contributed by atoms with Gasteiger partial charge in [0, 0.05) is 17.5 Å². The SMILES string of the molecule is CCOc1ccc([C@H]2Oc3c(OC)cccc3[C@@H]3CC(c4ccc(F)cc4)=NN23)cc1. The molecule has 5 nitrogen and oxygen atoms in total. The zero-order valence-corrected chi connectivity index (χ0v) is 17.4. The maximum absolute atomic E-state index is 13.4. The van der Waals surface area contributed by atoms with Gasteiger partial charge < -0.3 is 14.2 Å². The standard InChI is InChI=1S/C25H23FN2O3/c1-3-30-19-13-9-17(10-14-19)25-28-22(20-5-4-6-23(29-2)24(20)31-25)15-21(27-28)16-7-11-18(26)12-8-16/h4-14,22,25H,3,15H2,1-2H3/t22-,25+/m0/s1. The third-order valence-electron chi connectivity index (χ3n) is 5.65. The number of methoxy groups -OCH3 is 1. The predicted octanol–water partition coefficient (Wildman–Crippen LogP) is 5.48. The Morgan fingerprint density at radius 3 is 2.55 bits per heavy atom. The Balaban J connectivity index is 1.57. The summed E-state index contributed by atoms with van der Waals surface area (Å²) in [7, 11) is 1.65. The van der Waals surface area contributed by atoms with Gasteiger partial charge in [-0.15, -0.1) is 0 Å². The van der Waals surface area contributed by atoms with Crippen molar-refractivity contribution in [3.63, 3.8) is 0 Å². The number of nitrogens with zero attached hydrogens (tertiary/aromatic N) is 2. The molecule has 2 atom stereocenters. The molecule has 158 valence electrons. The molecule has 3 aromatic rings. The minimum Gasteiger partial charge on any atom is -0.494 e. The van der Waals surface area contributed by atoms with Crippen LogP contribution >= 0.6 is 0 Å². The van der Waals surface area contributed by atoms with E-state index in [-0.39, 0.29) is 11.9 Å². The fraction of sp³-hybridized carbons (Fsp3) is 0.240. The number of hydrogen-bond acceptors (Lipinski definition) is 5. The van der Waals surface area contributed by atoms with Crippen LogP contribution in [0.15, 0.2) is 71.8 Å².